The highest BCUT2D eigenvalue weighted by Crippen LogP contribution is 2.36. The maximum atomic E-state index is 14.2. The number of ether oxygens (including phenoxy) is 3. The Morgan fingerprint density at radius 2 is 1.50 bits per heavy atom. The van der Waals surface area contributed by atoms with Gasteiger partial charge in [-0.2, -0.15) is 22.0 Å². The van der Waals surface area contributed by atoms with Gasteiger partial charge in [-0.25, -0.2) is 14.4 Å². The van der Waals surface area contributed by atoms with E-state index < -0.39 is 54.4 Å². The maximum absolute atomic E-state index is 14.2. The van der Waals surface area contributed by atoms with Gasteiger partial charge in [0.1, 0.15) is 0 Å². The molecule has 0 aromatic rings. The van der Waals surface area contributed by atoms with Crippen LogP contribution in [-0.2, 0) is 28.6 Å². The van der Waals surface area contributed by atoms with Crippen molar-refractivity contribution in [2.75, 3.05) is 13.2 Å². The van der Waals surface area contributed by atoms with Crippen molar-refractivity contribution in [2.45, 2.75) is 38.5 Å². The molecule has 138 valence electrons. The molecule has 6 nitrogen and oxygen atoms in total. The second-order valence-corrected chi connectivity index (χ2v) is 4.69. The molecule has 0 saturated heterocycles. The van der Waals surface area contributed by atoms with Gasteiger partial charge < -0.3 is 14.2 Å². The van der Waals surface area contributed by atoms with Crippen molar-refractivity contribution in [3.05, 3.63) is 12.2 Å². The zero-order valence-corrected chi connectivity index (χ0v) is 13.0. The van der Waals surface area contributed by atoms with E-state index in [1.807, 2.05) is 0 Å². The predicted octanol–water partition coefficient (Wildman–Crippen LogP) is 2.17. The van der Waals surface area contributed by atoms with Crippen LogP contribution in [0.5, 0.6) is 0 Å². The minimum Gasteiger partial charge on any atom is -0.463 e. The summed E-state index contributed by atoms with van der Waals surface area (Å²) < 4.78 is 76.4. The van der Waals surface area contributed by atoms with Crippen LogP contribution >= 0.6 is 0 Å². The molecule has 0 aromatic heterocycles. The third-order valence-corrected chi connectivity index (χ3v) is 2.53. The summed E-state index contributed by atoms with van der Waals surface area (Å²) in [4.78, 5) is 34.5. The highest BCUT2D eigenvalue weighted by atomic mass is 19.4. The van der Waals surface area contributed by atoms with Crippen LogP contribution in [0.4, 0.5) is 22.0 Å². The molecule has 0 amide bonds. The number of esters is 3. The third-order valence-electron chi connectivity index (χ3n) is 2.53. The van der Waals surface area contributed by atoms with Crippen LogP contribution in [0.1, 0.15) is 20.8 Å². The van der Waals surface area contributed by atoms with Crippen molar-refractivity contribution in [1.29, 1.82) is 0 Å². The largest absolute Gasteiger partial charge is 0.463 e. The first kappa shape index (κ1) is 21.8. The number of alkyl halides is 5. The summed E-state index contributed by atoms with van der Waals surface area (Å²) >= 11 is 0. The topological polar surface area (TPSA) is 78.9 Å². The van der Waals surface area contributed by atoms with Crippen LogP contribution in [0.3, 0.4) is 0 Å². The van der Waals surface area contributed by atoms with Gasteiger partial charge in [0.15, 0.2) is 6.61 Å². The Hall–Kier alpha value is -2.20. The first-order valence-corrected chi connectivity index (χ1v) is 6.37. The van der Waals surface area contributed by atoms with E-state index in [0.29, 0.717) is 6.92 Å². The first-order valence-electron chi connectivity index (χ1n) is 6.37. The summed E-state index contributed by atoms with van der Waals surface area (Å²) in [5.41, 5.74) is -3.94. The Morgan fingerprint density at radius 1 is 1.00 bits per heavy atom. The molecule has 0 radical (unpaired) electrons. The zero-order valence-electron chi connectivity index (χ0n) is 13.0. The molecule has 11 heteroatoms. The van der Waals surface area contributed by atoms with Gasteiger partial charge in [0, 0.05) is 5.57 Å². The van der Waals surface area contributed by atoms with Crippen molar-refractivity contribution in [3.63, 3.8) is 0 Å². The highest BCUT2D eigenvalue weighted by Gasteiger charge is 2.66. The molecule has 0 bridgehead atoms. The lowest BCUT2D eigenvalue weighted by atomic mass is 9.97. The summed E-state index contributed by atoms with van der Waals surface area (Å²) in [7, 11) is 0. The van der Waals surface area contributed by atoms with Crippen molar-refractivity contribution < 1.29 is 50.5 Å². The molecular weight excluding hydrogens is 347 g/mol. The van der Waals surface area contributed by atoms with Crippen LogP contribution in [0.15, 0.2) is 12.2 Å². The molecule has 1 unspecified atom stereocenters. The average molecular weight is 362 g/mol. The second kappa shape index (κ2) is 7.58. The molecule has 0 N–H and O–H groups in total. The molecule has 0 saturated carbocycles. The van der Waals surface area contributed by atoms with Gasteiger partial charge in [0.05, 0.1) is 6.61 Å². The average Bonchev–Trinajstić information content (AvgIpc) is 2.43. The van der Waals surface area contributed by atoms with E-state index in [-0.39, 0.29) is 0 Å². The summed E-state index contributed by atoms with van der Waals surface area (Å²) in [5.74, 6) is -11.0. The van der Waals surface area contributed by atoms with Crippen LogP contribution in [0.25, 0.3) is 0 Å². The van der Waals surface area contributed by atoms with Crippen LogP contribution < -0.4 is 0 Å². The minimum absolute atomic E-state index is 0.320. The lowest BCUT2D eigenvalue weighted by Crippen LogP contribution is -2.60. The van der Waals surface area contributed by atoms with E-state index >= 15 is 0 Å². The quantitative estimate of drug-likeness (QED) is 0.299. The Bertz CT molecular complexity index is 527. The number of hydrogen-bond donors (Lipinski definition) is 0. The summed E-state index contributed by atoms with van der Waals surface area (Å²) in [6, 6.07) is 0. The molecule has 0 aromatic carbocycles. The summed E-state index contributed by atoms with van der Waals surface area (Å²) in [6.45, 7) is 2.99. The Labute approximate surface area is 133 Å². The lowest BCUT2D eigenvalue weighted by molar-refractivity contribution is -0.238. The number of halogens is 5. The van der Waals surface area contributed by atoms with Crippen molar-refractivity contribution in [3.8, 4) is 0 Å². The summed E-state index contributed by atoms with van der Waals surface area (Å²) in [5, 5.41) is 0. The van der Waals surface area contributed by atoms with Gasteiger partial charge >= 0.3 is 30.0 Å². The van der Waals surface area contributed by atoms with Crippen LogP contribution in [0, 0.1) is 0 Å². The fourth-order valence-corrected chi connectivity index (χ4v) is 1.21. The molecule has 0 aliphatic heterocycles. The van der Waals surface area contributed by atoms with Gasteiger partial charge in [0.2, 0.25) is 0 Å². The second-order valence-electron chi connectivity index (χ2n) is 4.69. The maximum Gasteiger partial charge on any atom is 0.422 e. The fourth-order valence-electron chi connectivity index (χ4n) is 1.21. The Kier molecular flexibility index (Phi) is 6.88. The highest BCUT2D eigenvalue weighted by molar-refractivity contribution is 5.95. The lowest BCUT2D eigenvalue weighted by Gasteiger charge is -2.32. The number of rotatable bonds is 7. The Balaban J connectivity index is 5.66. The van der Waals surface area contributed by atoms with Crippen LogP contribution in [-0.4, -0.2) is 48.8 Å². The van der Waals surface area contributed by atoms with Gasteiger partial charge in [-0.05, 0) is 20.8 Å². The molecule has 0 heterocycles. The molecule has 1 atom stereocenters. The van der Waals surface area contributed by atoms with E-state index in [1.165, 1.54) is 6.92 Å². The van der Waals surface area contributed by atoms with E-state index in [9.17, 15) is 36.3 Å². The standard InChI is InChI=1S/C13H15F5O6/c1-5-22-9(20)11(4,24-8(19)7(2)3)13(17,18)10(21)23-6-12(14,15)16/h2,5-6H2,1,3-4H3. The monoisotopic (exact) mass is 362 g/mol. The van der Waals surface area contributed by atoms with Crippen molar-refractivity contribution >= 4 is 17.9 Å². The molecule has 0 aliphatic rings. The van der Waals surface area contributed by atoms with Crippen molar-refractivity contribution in [1.82, 2.24) is 0 Å². The number of carbonyl (C=O) groups is 3. The predicted molar refractivity (Wildman–Crippen MR) is 67.9 cm³/mol. The van der Waals surface area contributed by atoms with Gasteiger partial charge in [0.25, 0.3) is 5.60 Å². The minimum atomic E-state index is -5.07. The van der Waals surface area contributed by atoms with Gasteiger partial charge in [-0.1, -0.05) is 6.58 Å². The molecule has 0 rings (SSSR count). The van der Waals surface area contributed by atoms with Crippen LogP contribution in [0.2, 0.25) is 0 Å². The van der Waals surface area contributed by atoms with E-state index in [4.69, 9.17) is 0 Å². The molecule has 0 fully saturated rings. The molecule has 24 heavy (non-hydrogen) atoms. The normalized spacial score (nSPS) is 14.3. The van der Waals surface area contributed by atoms with E-state index in [1.54, 1.807) is 0 Å². The van der Waals surface area contributed by atoms with E-state index in [2.05, 4.69) is 20.8 Å². The molecule has 0 spiro atoms. The number of carbonyl (C=O) groups excluding carboxylic acids is 3. The van der Waals surface area contributed by atoms with Gasteiger partial charge in [-0.15, -0.1) is 0 Å². The van der Waals surface area contributed by atoms with Crippen molar-refractivity contribution in [2.24, 2.45) is 0 Å². The third kappa shape index (κ3) is 5.17. The Morgan fingerprint density at radius 3 is 1.88 bits per heavy atom. The first-order chi connectivity index (χ1) is 10.7. The number of hydrogen-bond acceptors (Lipinski definition) is 6. The smallest absolute Gasteiger partial charge is 0.422 e. The summed E-state index contributed by atoms with van der Waals surface area (Å²) in [6.07, 6.45) is -5.07. The fraction of sp³-hybridized carbons (Fsp3) is 0.615. The van der Waals surface area contributed by atoms with E-state index in [0.717, 1.165) is 6.92 Å². The zero-order chi connectivity index (χ0) is 19.3. The molecular formula is C13H15F5O6. The van der Waals surface area contributed by atoms with Gasteiger partial charge in [-0.3, -0.25) is 0 Å². The SMILES string of the molecule is C=C(C)C(=O)OC(C)(C(=O)OCC)C(F)(F)C(=O)OCC(F)(F)F. The molecule has 0 aliphatic carbocycles.